The molecule has 12 nitrogen and oxygen atoms in total. The molecular formula is C29H42F3N7O5S2Si. The number of imidazole rings is 1. The van der Waals surface area contributed by atoms with Crippen molar-refractivity contribution in [2.24, 2.45) is 5.92 Å². The topological polar surface area (TPSA) is 122 Å². The van der Waals surface area contributed by atoms with Crippen molar-refractivity contribution in [1.82, 2.24) is 28.8 Å². The van der Waals surface area contributed by atoms with Crippen LogP contribution in [0.4, 0.5) is 18.9 Å². The second-order valence-corrected chi connectivity index (χ2v) is 22.4. The molecule has 3 aromatic rings. The number of carbonyl (C=O) groups is 1. The van der Waals surface area contributed by atoms with Gasteiger partial charge in [0, 0.05) is 52.5 Å². The van der Waals surface area contributed by atoms with Gasteiger partial charge in [0.05, 0.1) is 36.2 Å². The summed E-state index contributed by atoms with van der Waals surface area (Å²) in [5.74, 6) is -0.113. The summed E-state index contributed by atoms with van der Waals surface area (Å²) in [5.41, 5.74) is 0.140. The lowest BCUT2D eigenvalue weighted by atomic mass is 10.0. The maximum atomic E-state index is 14.5. The Morgan fingerprint density at radius 1 is 1.23 bits per heavy atom. The van der Waals surface area contributed by atoms with Crippen LogP contribution in [0.3, 0.4) is 0 Å². The summed E-state index contributed by atoms with van der Waals surface area (Å²) < 4.78 is 83.6. The third-order valence-corrected chi connectivity index (χ3v) is 13.0. The van der Waals surface area contributed by atoms with Crippen LogP contribution in [0.2, 0.25) is 25.7 Å². The number of pyridine rings is 1. The van der Waals surface area contributed by atoms with Crippen LogP contribution in [0.15, 0.2) is 23.4 Å². The maximum Gasteiger partial charge on any atom is 0.445 e. The summed E-state index contributed by atoms with van der Waals surface area (Å²) in [7, 11) is -5.68. The molecule has 0 aromatic carbocycles. The summed E-state index contributed by atoms with van der Waals surface area (Å²) >= 11 is 0.331. The second kappa shape index (κ2) is 13.0. The van der Waals surface area contributed by atoms with E-state index in [1.807, 2.05) is 30.6 Å². The Balaban J connectivity index is 1.59. The minimum atomic E-state index is -4.69. The van der Waals surface area contributed by atoms with Crippen molar-refractivity contribution in [2.75, 3.05) is 51.1 Å². The summed E-state index contributed by atoms with van der Waals surface area (Å²) in [5, 5.41) is 5.82. The molecule has 0 saturated carbocycles. The first-order chi connectivity index (χ1) is 21.8. The SMILES string of the molecule is CC(C)C(=O)N1CCN(c2cc(S(=O)(=O)N(COCC[Si](C)(C)C)C3(C)COC3)cn3c(-c4nnc(C(F)(F)F)s4)ncc23)C[C@H]1C. The predicted molar refractivity (Wildman–Crippen MR) is 175 cm³/mol. The number of amides is 1. The fourth-order valence-corrected chi connectivity index (χ4v) is 8.69. The Kier molecular flexibility index (Phi) is 9.86. The standard InChI is InChI=1S/C29H42F3N7O5S2Si/c1-19(2)26(40)37-9-8-36(14-20(37)3)22-12-21(15-38-23(22)13-33-24(38)25-34-35-27(45-25)29(30,31)32)46(41,42)39(28(4)16-44-17-28)18-43-10-11-47(5,6)7/h12-13,15,19-20H,8-11,14,16-18H2,1-7H3/t20-/m1/s1. The van der Waals surface area contributed by atoms with E-state index < -0.39 is 34.8 Å². The number of anilines is 1. The Hall–Kier alpha value is -2.64. The van der Waals surface area contributed by atoms with Crippen LogP contribution in [-0.4, -0.2) is 109 Å². The number of carbonyl (C=O) groups excluding carboxylic acids is 1. The van der Waals surface area contributed by atoms with E-state index >= 15 is 0 Å². The van der Waals surface area contributed by atoms with Gasteiger partial charge in [-0.15, -0.1) is 10.2 Å². The van der Waals surface area contributed by atoms with Gasteiger partial charge in [-0.25, -0.2) is 13.4 Å². The molecule has 0 spiro atoms. The van der Waals surface area contributed by atoms with Gasteiger partial charge in [0.2, 0.25) is 20.9 Å². The largest absolute Gasteiger partial charge is 0.445 e. The molecule has 3 aromatic heterocycles. The van der Waals surface area contributed by atoms with Crippen LogP contribution < -0.4 is 4.90 Å². The Labute approximate surface area is 277 Å². The van der Waals surface area contributed by atoms with E-state index in [0.29, 0.717) is 48.8 Å². The number of fused-ring (bicyclic) bond motifs is 1. The molecule has 5 rings (SSSR count). The molecular weight excluding hydrogens is 676 g/mol. The first kappa shape index (κ1) is 35.7. The van der Waals surface area contributed by atoms with E-state index in [9.17, 15) is 26.4 Å². The summed E-state index contributed by atoms with van der Waals surface area (Å²) in [6.45, 7) is 15.9. The van der Waals surface area contributed by atoms with Gasteiger partial charge in [0.15, 0.2) is 10.8 Å². The minimum Gasteiger partial charge on any atom is -0.377 e. The highest BCUT2D eigenvalue weighted by molar-refractivity contribution is 7.89. The molecule has 0 aliphatic carbocycles. The van der Waals surface area contributed by atoms with Crippen LogP contribution in [0.25, 0.3) is 16.3 Å². The van der Waals surface area contributed by atoms with E-state index in [-0.39, 0.29) is 53.5 Å². The van der Waals surface area contributed by atoms with Gasteiger partial charge < -0.3 is 19.3 Å². The van der Waals surface area contributed by atoms with Crippen molar-refractivity contribution in [3.05, 3.63) is 23.5 Å². The van der Waals surface area contributed by atoms with Crippen molar-refractivity contribution < 1.29 is 35.9 Å². The maximum absolute atomic E-state index is 14.5. The normalized spacial score (nSPS) is 19.2. The van der Waals surface area contributed by atoms with Gasteiger partial charge in [0.25, 0.3) is 0 Å². The van der Waals surface area contributed by atoms with Gasteiger partial charge >= 0.3 is 6.18 Å². The number of piperazine rings is 1. The smallest absolute Gasteiger partial charge is 0.377 e. The van der Waals surface area contributed by atoms with Crippen LogP contribution in [0, 0.1) is 5.92 Å². The Bertz CT molecular complexity index is 1720. The molecule has 1 amide bonds. The van der Waals surface area contributed by atoms with E-state index in [1.165, 1.54) is 21.1 Å². The van der Waals surface area contributed by atoms with Crippen molar-refractivity contribution in [3.63, 3.8) is 0 Å². The monoisotopic (exact) mass is 717 g/mol. The average molecular weight is 718 g/mol. The van der Waals surface area contributed by atoms with Gasteiger partial charge in [0.1, 0.15) is 11.6 Å². The molecule has 18 heteroatoms. The van der Waals surface area contributed by atoms with Crippen LogP contribution in [-0.2, 0) is 30.5 Å². The predicted octanol–water partition coefficient (Wildman–Crippen LogP) is 4.66. The zero-order chi connectivity index (χ0) is 34.5. The average Bonchev–Trinajstić information content (AvgIpc) is 3.62. The second-order valence-electron chi connectivity index (χ2n) is 14.0. The van der Waals surface area contributed by atoms with E-state index in [2.05, 4.69) is 34.8 Å². The molecule has 0 radical (unpaired) electrons. The van der Waals surface area contributed by atoms with Gasteiger partial charge in [-0.2, -0.15) is 17.5 Å². The lowest BCUT2D eigenvalue weighted by Gasteiger charge is -2.45. The number of aromatic nitrogens is 4. The van der Waals surface area contributed by atoms with Crippen LogP contribution >= 0.6 is 11.3 Å². The molecule has 47 heavy (non-hydrogen) atoms. The Morgan fingerprint density at radius 3 is 2.49 bits per heavy atom. The number of rotatable bonds is 11. The summed E-state index contributed by atoms with van der Waals surface area (Å²) in [6.07, 6.45) is -1.84. The van der Waals surface area contributed by atoms with Crippen molar-refractivity contribution in [3.8, 4) is 10.8 Å². The minimum absolute atomic E-state index is 0.0303. The summed E-state index contributed by atoms with van der Waals surface area (Å²) in [6, 6.07) is 2.25. The molecule has 0 unspecified atom stereocenters. The molecule has 0 bridgehead atoms. The van der Waals surface area contributed by atoms with Gasteiger partial charge in [-0.3, -0.25) is 9.20 Å². The van der Waals surface area contributed by atoms with Crippen molar-refractivity contribution in [2.45, 2.75) is 76.0 Å². The van der Waals surface area contributed by atoms with E-state index in [1.54, 1.807) is 13.0 Å². The van der Waals surface area contributed by atoms with Crippen LogP contribution in [0.1, 0.15) is 32.7 Å². The number of hydrogen-bond acceptors (Lipinski definition) is 10. The third-order valence-electron chi connectivity index (χ3n) is 8.42. The zero-order valence-corrected chi connectivity index (χ0v) is 30.3. The molecule has 2 saturated heterocycles. The molecule has 2 aliphatic heterocycles. The van der Waals surface area contributed by atoms with E-state index in [4.69, 9.17) is 9.47 Å². The molecule has 2 aliphatic rings. The first-order valence-corrected chi connectivity index (χ1v) is 21.4. The fraction of sp³-hybridized carbons (Fsp3) is 0.655. The number of nitrogens with zero attached hydrogens (tertiary/aromatic N) is 7. The first-order valence-electron chi connectivity index (χ1n) is 15.5. The molecule has 260 valence electrons. The zero-order valence-electron chi connectivity index (χ0n) is 27.7. The molecule has 2 fully saturated rings. The number of sulfonamides is 1. The highest BCUT2D eigenvalue weighted by Gasteiger charge is 2.47. The number of hydrogen-bond donors (Lipinski definition) is 0. The third kappa shape index (κ3) is 7.36. The van der Waals surface area contributed by atoms with E-state index in [0.717, 1.165) is 6.04 Å². The lowest BCUT2D eigenvalue weighted by molar-refractivity contribution is -0.138. The molecule has 1 atom stereocenters. The number of ether oxygens (including phenoxy) is 2. The Morgan fingerprint density at radius 2 is 1.94 bits per heavy atom. The highest BCUT2D eigenvalue weighted by atomic mass is 32.2. The number of alkyl halides is 3. The quantitative estimate of drug-likeness (QED) is 0.158. The van der Waals surface area contributed by atoms with Crippen molar-refractivity contribution >= 4 is 46.5 Å². The number of halogens is 3. The van der Waals surface area contributed by atoms with Crippen molar-refractivity contribution in [1.29, 1.82) is 0 Å². The fourth-order valence-electron chi connectivity index (χ4n) is 5.58. The molecule has 5 heterocycles. The lowest BCUT2D eigenvalue weighted by Crippen LogP contribution is -2.62. The van der Waals surface area contributed by atoms with Crippen LogP contribution in [0.5, 0.6) is 0 Å². The van der Waals surface area contributed by atoms with Gasteiger partial charge in [-0.05, 0) is 26.0 Å². The summed E-state index contributed by atoms with van der Waals surface area (Å²) in [4.78, 5) is 21.0. The van der Waals surface area contributed by atoms with Gasteiger partial charge in [-0.1, -0.05) is 44.8 Å². The molecule has 0 N–H and O–H groups in total. The highest BCUT2D eigenvalue weighted by Crippen LogP contribution is 2.38.